The number of fused-ring (bicyclic) bond motifs is 1. The molecular weight excluding hydrogens is 243 g/mol. The van der Waals surface area contributed by atoms with Gasteiger partial charge in [-0.15, -0.1) is 0 Å². The van der Waals surface area contributed by atoms with Gasteiger partial charge in [-0.3, -0.25) is 4.52 Å². The van der Waals surface area contributed by atoms with Gasteiger partial charge in [-0.2, -0.15) is 0 Å². The molecule has 0 aromatic rings. The molecule has 0 bridgehead atoms. The van der Waals surface area contributed by atoms with Crippen LogP contribution in [0.3, 0.4) is 0 Å². The minimum absolute atomic E-state index is 0.00305. The van der Waals surface area contributed by atoms with Gasteiger partial charge in [-0.1, -0.05) is 13.8 Å². The van der Waals surface area contributed by atoms with Crippen LogP contribution in [0.2, 0.25) is 0 Å². The maximum atomic E-state index is 12.1. The lowest BCUT2D eigenvalue weighted by molar-refractivity contribution is 0.0797. The van der Waals surface area contributed by atoms with Gasteiger partial charge in [0.15, 0.2) is 0 Å². The monoisotopic (exact) mass is 264 g/mol. The SMILES string of the molecule is CO[P@@]1(=O)O[C@@H]2C[C@@H](C(C)C)CC[C@@]2(C)S1. The van der Waals surface area contributed by atoms with E-state index in [0.29, 0.717) is 11.8 Å². The molecule has 4 atom stereocenters. The molecule has 2 fully saturated rings. The molecule has 3 nitrogen and oxygen atoms in total. The van der Waals surface area contributed by atoms with E-state index in [4.69, 9.17) is 9.05 Å². The summed E-state index contributed by atoms with van der Waals surface area (Å²) in [4.78, 5) is 0. The molecule has 1 aliphatic carbocycles. The summed E-state index contributed by atoms with van der Waals surface area (Å²) in [6.07, 6.45) is 3.42. The van der Waals surface area contributed by atoms with E-state index in [-0.39, 0.29) is 10.9 Å². The molecule has 1 saturated carbocycles. The number of hydrogen-bond donors (Lipinski definition) is 0. The Kier molecular flexibility index (Phi) is 3.49. The van der Waals surface area contributed by atoms with Crippen LogP contribution in [-0.2, 0) is 13.6 Å². The fourth-order valence-corrected chi connectivity index (χ4v) is 7.36. The zero-order valence-corrected chi connectivity index (χ0v) is 12.1. The van der Waals surface area contributed by atoms with Crippen molar-refractivity contribution in [3.8, 4) is 0 Å². The van der Waals surface area contributed by atoms with Gasteiger partial charge in [-0.05, 0) is 49.4 Å². The Bertz CT molecular complexity index is 320. The zero-order valence-electron chi connectivity index (χ0n) is 10.4. The van der Waals surface area contributed by atoms with Crippen LogP contribution < -0.4 is 0 Å². The van der Waals surface area contributed by atoms with Crippen LogP contribution >= 0.6 is 18.2 Å². The first kappa shape index (κ1) is 12.9. The highest BCUT2D eigenvalue weighted by Crippen LogP contribution is 2.74. The summed E-state index contributed by atoms with van der Waals surface area (Å²) in [6, 6.07) is 0. The maximum absolute atomic E-state index is 12.1. The molecule has 1 aliphatic heterocycles. The molecular formula is C11H21O3PS. The molecule has 2 rings (SSSR count). The Morgan fingerprint density at radius 3 is 2.81 bits per heavy atom. The van der Waals surface area contributed by atoms with Crippen molar-refractivity contribution in [1.82, 2.24) is 0 Å². The molecule has 0 amide bonds. The summed E-state index contributed by atoms with van der Waals surface area (Å²) in [5.74, 6) is 1.38. The van der Waals surface area contributed by atoms with Crippen molar-refractivity contribution in [3.05, 3.63) is 0 Å². The van der Waals surface area contributed by atoms with Crippen LogP contribution in [0.5, 0.6) is 0 Å². The third-order valence-corrected chi connectivity index (χ3v) is 8.65. The summed E-state index contributed by atoms with van der Waals surface area (Å²) < 4.78 is 22.9. The van der Waals surface area contributed by atoms with Crippen LogP contribution in [-0.4, -0.2) is 18.0 Å². The fourth-order valence-electron chi connectivity index (χ4n) is 2.65. The average molecular weight is 264 g/mol. The Morgan fingerprint density at radius 1 is 1.56 bits per heavy atom. The van der Waals surface area contributed by atoms with E-state index in [9.17, 15) is 4.57 Å². The van der Waals surface area contributed by atoms with Crippen molar-refractivity contribution in [1.29, 1.82) is 0 Å². The molecule has 94 valence electrons. The predicted molar refractivity (Wildman–Crippen MR) is 67.7 cm³/mol. The van der Waals surface area contributed by atoms with Crippen molar-refractivity contribution in [2.24, 2.45) is 11.8 Å². The average Bonchev–Trinajstić information content (AvgIpc) is 2.48. The van der Waals surface area contributed by atoms with Crippen LogP contribution in [0.25, 0.3) is 0 Å². The summed E-state index contributed by atoms with van der Waals surface area (Å²) in [7, 11) is 1.48. The minimum atomic E-state index is -2.86. The van der Waals surface area contributed by atoms with E-state index >= 15 is 0 Å². The van der Waals surface area contributed by atoms with Gasteiger partial charge in [0.05, 0.1) is 10.9 Å². The molecule has 0 aromatic carbocycles. The summed E-state index contributed by atoms with van der Waals surface area (Å²) in [5, 5.41) is 0. The van der Waals surface area contributed by atoms with Crippen LogP contribution in [0.15, 0.2) is 0 Å². The first-order valence-electron chi connectivity index (χ1n) is 5.93. The Hall–Kier alpha value is 0.500. The van der Waals surface area contributed by atoms with E-state index in [1.165, 1.54) is 24.9 Å². The third-order valence-electron chi connectivity index (χ3n) is 3.95. The van der Waals surface area contributed by atoms with Crippen molar-refractivity contribution < 1.29 is 13.6 Å². The standard InChI is InChI=1S/C11H21O3PS/c1-8(2)9-5-6-11(3)10(7-9)14-15(12,13-4)16-11/h8-10H,5-7H2,1-4H3/t9-,10+,11+,15-/m0/s1. The van der Waals surface area contributed by atoms with E-state index in [1.807, 2.05) is 0 Å². The van der Waals surface area contributed by atoms with Crippen molar-refractivity contribution in [2.45, 2.75) is 50.9 Å². The quantitative estimate of drug-likeness (QED) is 0.704. The van der Waals surface area contributed by atoms with E-state index in [2.05, 4.69) is 20.8 Å². The van der Waals surface area contributed by atoms with Crippen molar-refractivity contribution >= 4 is 18.2 Å². The fraction of sp³-hybridized carbons (Fsp3) is 1.00. The summed E-state index contributed by atoms with van der Waals surface area (Å²) >= 11 is 1.42. The van der Waals surface area contributed by atoms with Crippen molar-refractivity contribution in [2.75, 3.05) is 7.11 Å². The van der Waals surface area contributed by atoms with E-state index in [0.717, 1.165) is 12.8 Å². The molecule has 2 aliphatic rings. The first-order valence-corrected chi connectivity index (χ1v) is 8.90. The Morgan fingerprint density at radius 2 is 2.25 bits per heavy atom. The van der Waals surface area contributed by atoms with E-state index < -0.39 is 6.80 Å². The Labute approximate surface area is 102 Å². The molecule has 0 N–H and O–H groups in total. The highest BCUT2D eigenvalue weighted by atomic mass is 32.7. The topological polar surface area (TPSA) is 35.5 Å². The minimum Gasteiger partial charge on any atom is -0.304 e. The Balaban J connectivity index is 2.13. The second-order valence-electron chi connectivity index (χ2n) is 5.41. The lowest BCUT2D eigenvalue weighted by atomic mass is 9.75. The van der Waals surface area contributed by atoms with E-state index in [1.54, 1.807) is 0 Å². The molecule has 0 spiro atoms. The lowest BCUT2D eigenvalue weighted by Gasteiger charge is -2.38. The highest BCUT2D eigenvalue weighted by Gasteiger charge is 2.55. The van der Waals surface area contributed by atoms with Gasteiger partial charge >= 0.3 is 6.80 Å². The molecule has 0 aromatic heterocycles. The largest absolute Gasteiger partial charge is 0.389 e. The third kappa shape index (κ3) is 2.22. The normalized spacial score (nSPS) is 48.3. The van der Waals surface area contributed by atoms with Gasteiger partial charge in [-0.25, -0.2) is 4.57 Å². The van der Waals surface area contributed by atoms with Crippen LogP contribution in [0.4, 0.5) is 0 Å². The zero-order chi connectivity index (χ0) is 12.0. The van der Waals surface area contributed by atoms with Gasteiger partial charge < -0.3 is 4.52 Å². The first-order chi connectivity index (χ1) is 7.38. The van der Waals surface area contributed by atoms with Gasteiger partial charge in [0.25, 0.3) is 0 Å². The van der Waals surface area contributed by atoms with Crippen LogP contribution in [0, 0.1) is 11.8 Å². The molecule has 0 radical (unpaired) electrons. The lowest BCUT2D eigenvalue weighted by Crippen LogP contribution is -2.40. The van der Waals surface area contributed by atoms with Gasteiger partial charge in [0.1, 0.15) is 0 Å². The summed E-state index contributed by atoms with van der Waals surface area (Å²) in [5.41, 5.74) is 0. The maximum Gasteiger partial charge on any atom is 0.389 e. The smallest absolute Gasteiger partial charge is 0.304 e. The number of hydrogen-bond acceptors (Lipinski definition) is 4. The second-order valence-corrected chi connectivity index (χ2v) is 9.88. The molecule has 16 heavy (non-hydrogen) atoms. The molecule has 1 saturated heterocycles. The predicted octanol–water partition coefficient (Wildman–Crippen LogP) is 4.09. The molecule has 0 unspecified atom stereocenters. The van der Waals surface area contributed by atoms with Gasteiger partial charge in [0.2, 0.25) is 0 Å². The summed E-state index contributed by atoms with van der Waals surface area (Å²) in [6.45, 7) is 3.81. The second kappa shape index (κ2) is 4.31. The van der Waals surface area contributed by atoms with Crippen molar-refractivity contribution in [3.63, 3.8) is 0 Å². The molecule has 5 heteroatoms. The highest BCUT2D eigenvalue weighted by molar-refractivity contribution is 8.56. The number of rotatable bonds is 2. The molecule has 1 heterocycles. The van der Waals surface area contributed by atoms with Gasteiger partial charge in [0, 0.05) is 7.11 Å². The van der Waals surface area contributed by atoms with Crippen LogP contribution in [0.1, 0.15) is 40.0 Å².